The lowest BCUT2D eigenvalue weighted by Crippen LogP contribution is -2.15. The van der Waals surface area contributed by atoms with E-state index in [1.54, 1.807) is 36.4 Å². The van der Waals surface area contributed by atoms with Gasteiger partial charge in [0.25, 0.3) is 5.69 Å². The van der Waals surface area contributed by atoms with Crippen molar-refractivity contribution in [1.82, 2.24) is 0 Å². The summed E-state index contributed by atoms with van der Waals surface area (Å²) in [5.74, 6) is 0.202. The molecule has 0 aliphatic heterocycles. The molecule has 7 nitrogen and oxygen atoms in total. The molecule has 3 rings (SSSR count). The van der Waals surface area contributed by atoms with Gasteiger partial charge in [-0.2, -0.15) is 0 Å². The monoisotopic (exact) mass is 371 g/mol. The average molecular weight is 371 g/mol. The minimum Gasteiger partial charge on any atom is -0.326 e. The van der Waals surface area contributed by atoms with Gasteiger partial charge in [-0.1, -0.05) is 0 Å². The zero-order valence-electron chi connectivity index (χ0n) is 13.8. The number of non-ortho nitro benzene ring substituents is 1. The molecule has 0 aromatic heterocycles. The number of hydrogen-bond donors (Lipinski definition) is 2. The van der Waals surface area contributed by atoms with Crippen LogP contribution in [0.4, 0.5) is 17.1 Å². The van der Waals surface area contributed by atoms with E-state index in [1.807, 2.05) is 0 Å². The van der Waals surface area contributed by atoms with E-state index in [-0.39, 0.29) is 29.2 Å². The summed E-state index contributed by atoms with van der Waals surface area (Å²) in [5, 5.41) is 16.2. The van der Waals surface area contributed by atoms with Gasteiger partial charge in [0.2, 0.25) is 11.8 Å². The molecule has 0 radical (unpaired) electrons. The molecule has 0 spiro atoms. The topological polar surface area (TPSA) is 101 Å². The molecule has 8 heteroatoms. The van der Waals surface area contributed by atoms with E-state index in [1.165, 1.54) is 23.9 Å². The second kappa shape index (κ2) is 8.01. The van der Waals surface area contributed by atoms with Crippen LogP contribution in [0.25, 0.3) is 0 Å². The number of carbonyl (C=O) groups is 2. The molecule has 134 valence electrons. The standard InChI is InChI=1S/C18H17N3O4S/c22-17(11-26-16-9-7-15(8-10-16)21(24)25)19-13-3-5-14(6-4-13)20-18(23)12-1-2-12/h3-10,12H,1-2,11H2,(H,19,22)(H,20,23). The predicted octanol–water partition coefficient (Wildman–Crippen LogP) is 3.67. The number of hydrogen-bond acceptors (Lipinski definition) is 5. The Morgan fingerprint density at radius 2 is 1.58 bits per heavy atom. The Labute approximate surface area is 154 Å². The number of anilines is 2. The third-order valence-electron chi connectivity index (χ3n) is 3.80. The predicted molar refractivity (Wildman–Crippen MR) is 100 cm³/mol. The first-order chi connectivity index (χ1) is 12.5. The van der Waals surface area contributed by atoms with Gasteiger partial charge in [-0.25, -0.2) is 0 Å². The summed E-state index contributed by atoms with van der Waals surface area (Å²) in [6.07, 6.45) is 1.90. The second-order valence-corrected chi connectivity index (χ2v) is 6.98. The molecule has 1 fully saturated rings. The van der Waals surface area contributed by atoms with Gasteiger partial charge in [0.05, 0.1) is 10.7 Å². The number of rotatable bonds is 7. The third-order valence-corrected chi connectivity index (χ3v) is 4.81. The minimum atomic E-state index is -0.460. The molecule has 2 amide bonds. The first-order valence-corrected chi connectivity index (χ1v) is 9.08. The van der Waals surface area contributed by atoms with Crippen LogP contribution in [0.2, 0.25) is 0 Å². The zero-order valence-corrected chi connectivity index (χ0v) is 14.6. The molecule has 1 aliphatic rings. The van der Waals surface area contributed by atoms with Crippen LogP contribution in [-0.4, -0.2) is 22.5 Å². The highest BCUT2D eigenvalue weighted by Crippen LogP contribution is 2.30. The summed E-state index contributed by atoms with van der Waals surface area (Å²) in [6, 6.07) is 13.0. The highest BCUT2D eigenvalue weighted by atomic mass is 32.2. The number of benzene rings is 2. The Kier molecular flexibility index (Phi) is 5.52. The Bertz CT molecular complexity index is 817. The van der Waals surface area contributed by atoms with Crippen molar-refractivity contribution in [2.24, 2.45) is 5.92 Å². The minimum absolute atomic E-state index is 0.0210. The molecule has 1 saturated carbocycles. The van der Waals surface area contributed by atoms with Crippen molar-refractivity contribution in [2.45, 2.75) is 17.7 Å². The molecule has 0 saturated heterocycles. The maximum atomic E-state index is 12.0. The third kappa shape index (κ3) is 5.06. The molecule has 0 bridgehead atoms. The SMILES string of the molecule is O=C(CSc1ccc([N+](=O)[O-])cc1)Nc1ccc(NC(=O)C2CC2)cc1. The van der Waals surface area contributed by atoms with Crippen molar-refractivity contribution in [3.05, 3.63) is 58.6 Å². The highest BCUT2D eigenvalue weighted by Gasteiger charge is 2.29. The number of nitrogens with one attached hydrogen (secondary N) is 2. The van der Waals surface area contributed by atoms with Gasteiger partial charge in [-0.05, 0) is 49.2 Å². The lowest BCUT2D eigenvalue weighted by Gasteiger charge is -2.08. The van der Waals surface area contributed by atoms with Crippen LogP contribution in [0.1, 0.15) is 12.8 Å². The van der Waals surface area contributed by atoms with Gasteiger partial charge in [0.1, 0.15) is 0 Å². The van der Waals surface area contributed by atoms with Gasteiger partial charge in [-0.3, -0.25) is 19.7 Å². The summed E-state index contributed by atoms with van der Waals surface area (Å²) in [4.78, 5) is 34.6. The molecule has 2 aromatic rings. The van der Waals surface area contributed by atoms with E-state index < -0.39 is 4.92 Å². The molecule has 1 aliphatic carbocycles. The van der Waals surface area contributed by atoms with Crippen molar-refractivity contribution in [3.63, 3.8) is 0 Å². The van der Waals surface area contributed by atoms with Gasteiger partial charge >= 0.3 is 0 Å². The maximum absolute atomic E-state index is 12.0. The molecule has 2 aromatic carbocycles. The highest BCUT2D eigenvalue weighted by molar-refractivity contribution is 8.00. The molecule has 2 N–H and O–H groups in total. The smallest absolute Gasteiger partial charge is 0.269 e. The van der Waals surface area contributed by atoms with Crippen LogP contribution in [0.15, 0.2) is 53.4 Å². The normalized spacial score (nSPS) is 13.1. The lowest BCUT2D eigenvalue weighted by molar-refractivity contribution is -0.384. The van der Waals surface area contributed by atoms with Gasteiger partial charge in [0, 0.05) is 34.3 Å². The zero-order chi connectivity index (χ0) is 18.5. The average Bonchev–Trinajstić information content (AvgIpc) is 3.47. The van der Waals surface area contributed by atoms with Crippen LogP contribution in [0.3, 0.4) is 0 Å². The van der Waals surface area contributed by atoms with E-state index in [0.717, 1.165) is 17.7 Å². The van der Waals surface area contributed by atoms with Crippen LogP contribution in [0.5, 0.6) is 0 Å². The first kappa shape index (κ1) is 17.9. The summed E-state index contributed by atoms with van der Waals surface area (Å²) in [5.41, 5.74) is 1.37. The van der Waals surface area contributed by atoms with E-state index in [9.17, 15) is 19.7 Å². The van der Waals surface area contributed by atoms with E-state index in [4.69, 9.17) is 0 Å². The molecular formula is C18H17N3O4S. The summed E-state index contributed by atoms with van der Waals surface area (Å²) in [6.45, 7) is 0. The van der Waals surface area contributed by atoms with Crippen molar-refractivity contribution in [2.75, 3.05) is 16.4 Å². The van der Waals surface area contributed by atoms with Crippen molar-refractivity contribution < 1.29 is 14.5 Å². The molecule has 0 atom stereocenters. The van der Waals surface area contributed by atoms with Crippen molar-refractivity contribution in [3.8, 4) is 0 Å². The van der Waals surface area contributed by atoms with Crippen LogP contribution < -0.4 is 10.6 Å². The number of nitro benzene ring substituents is 1. The van der Waals surface area contributed by atoms with Gasteiger partial charge < -0.3 is 10.6 Å². The fourth-order valence-corrected chi connectivity index (χ4v) is 2.94. The summed E-state index contributed by atoms with van der Waals surface area (Å²) < 4.78 is 0. The number of thioether (sulfide) groups is 1. The van der Waals surface area contributed by atoms with Crippen LogP contribution >= 0.6 is 11.8 Å². The van der Waals surface area contributed by atoms with E-state index in [2.05, 4.69) is 10.6 Å². The molecule has 0 heterocycles. The Morgan fingerprint density at radius 3 is 2.12 bits per heavy atom. The Balaban J connectivity index is 1.46. The van der Waals surface area contributed by atoms with Gasteiger partial charge in [0.15, 0.2) is 0 Å². The van der Waals surface area contributed by atoms with Crippen LogP contribution in [-0.2, 0) is 9.59 Å². The van der Waals surface area contributed by atoms with Crippen molar-refractivity contribution in [1.29, 1.82) is 0 Å². The number of amides is 2. The quantitative estimate of drug-likeness (QED) is 0.439. The lowest BCUT2D eigenvalue weighted by atomic mass is 10.2. The van der Waals surface area contributed by atoms with E-state index in [0.29, 0.717) is 11.4 Å². The Morgan fingerprint density at radius 1 is 1.00 bits per heavy atom. The number of carbonyl (C=O) groups excluding carboxylic acids is 2. The fraction of sp³-hybridized carbons (Fsp3) is 0.222. The fourth-order valence-electron chi connectivity index (χ4n) is 2.24. The largest absolute Gasteiger partial charge is 0.326 e. The molecule has 0 unspecified atom stereocenters. The molecule has 26 heavy (non-hydrogen) atoms. The van der Waals surface area contributed by atoms with Crippen molar-refractivity contribution >= 4 is 40.6 Å². The second-order valence-electron chi connectivity index (χ2n) is 5.93. The van der Waals surface area contributed by atoms with Gasteiger partial charge in [-0.15, -0.1) is 11.8 Å². The van der Waals surface area contributed by atoms with Crippen LogP contribution in [0, 0.1) is 16.0 Å². The number of nitrogens with zero attached hydrogens (tertiary/aromatic N) is 1. The van der Waals surface area contributed by atoms with E-state index >= 15 is 0 Å². The maximum Gasteiger partial charge on any atom is 0.269 e. The Hall–Kier alpha value is -2.87. The summed E-state index contributed by atoms with van der Waals surface area (Å²) >= 11 is 1.30. The number of nitro groups is 1. The molecular weight excluding hydrogens is 354 g/mol. The first-order valence-electron chi connectivity index (χ1n) is 8.09. The summed E-state index contributed by atoms with van der Waals surface area (Å²) in [7, 11) is 0.